The summed E-state index contributed by atoms with van der Waals surface area (Å²) in [5.41, 5.74) is 0.981. The third-order valence-electron chi connectivity index (χ3n) is 7.72. The van der Waals surface area contributed by atoms with Gasteiger partial charge >= 0.3 is 6.18 Å². The molecule has 3 unspecified atom stereocenters. The molecule has 3 aromatic rings. The molecule has 9 heteroatoms. The van der Waals surface area contributed by atoms with Crippen LogP contribution < -0.4 is 5.32 Å². The Balaban J connectivity index is 1.34. The van der Waals surface area contributed by atoms with E-state index in [4.69, 9.17) is 0 Å². The normalized spacial score (nSPS) is 26.9. The van der Waals surface area contributed by atoms with Crippen LogP contribution in [0.5, 0.6) is 0 Å². The molecule has 1 aromatic carbocycles. The highest BCUT2D eigenvalue weighted by molar-refractivity contribution is 5.81. The predicted octanol–water partition coefficient (Wildman–Crippen LogP) is 7.22. The summed E-state index contributed by atoms with van der Waals surface area (Å²) in [5, 5.41) is 3.53. The Morgan fingerprint density at radius 3 is 2.56 bits per heavy atom. The lowest BCUT2D eigenvalue weighted by Crippen LogP contribution is -2.43. The number of aromatic nitrogens is 3. The van der Waals surface area contributed by atoms with E-state index in [9.17, 15) is 22.0 Å². The van der Waals surface area contributed by atoms with Gasteiger partial charge in [-0.05, 0) is 81.2 Å². The molecule has 1 aliphatic heterocycles. The monoisotopic (exact) mass is 506 g/mol. The lowest BCUT2D eigenvalue weighted by molar-refractivity contribution is -0.136. The van der Waals surface area contributed by atoms with Crippen molar-refractivity contribution in [3.8, 4) is 0 Å². The van der Waals surface area contributed by atoms with Gasteiger partial charge in [-0.25, -0.2) is 13.8 Å². The molecule has 2 fully saturated rings. The van der Waals surface area contributed by atoms with Gasteiger partial charge in [-0.2, -0.15) is 13.2 Å². The van der Waals surface area contributed by atoms with Gasteiger partial charge in [0.15, 0.2) is 0 Å². The van der Waals surface area contributed by atoms with Crippen LogP contribution in [0.3, 0.4) is 0 Å². The van der Waals surface area contributed by atoms with Crippen molar-refractivity contribution in [3.05, 3.63) is 59.2 Å². The fourth-order valence-corrected chi connectivity index (χ4v) is 5.96. The number of fused-ring (bicyclic) bond motifs is 1. The number of halogens is 5. The maximum atomic E-state index is 14.1. The predicted molar refractivity (Wildman–Crippen MR) is 128 cm³/mol. The number of hydrogen-bond acceptors (Lipinski definition) is 3. The second kappa shape index (κ2) is 9.72. The molecule has 0 bridgehead atoms. The molecule has 5 rings (SSSR count). The molecule has 3 heterocycles. The number of alkyl halides is 5. The molecule has 4 nitrogen and oxygen atoms in total. The molecule has 1 saturated heterocycles. The lowest BCUT2D eigenvalue weighted by Gasteiger charge is -2.35. The summed E-state index contributed by atoms with van der Waals surface area (Å²) in [6.07, 6.45) is -1.22. The first-order valence-corrected chi connectivity index (χ1v) is 12.7. The minimum atomic E-state index is -4.47. The second-order valence-electron chi connectivity index (χ2n) is 10.7. The summed E-state index contributed by atoms with van der Waals surface area (Å²) in [5.74, 6) is 0.544. The highest BCUT2D eigenvalue weighted by atomic mass is 19.4. The summed E-state index contributed by atoms with van der Waals surface area (Å²) >= 11 is 0. The van der Waals surface area contributed by atoms with Crippen molar-refractivity contribution in [2.24, 2.45) is 5.92 Å². The Morgan fingerprint density at radius 1 is 1.08 bits per heavy atom. The zero-order chi connectivity index (χ0) is 25.6. The van der Waals surface area contributed by atoms with Crippen molar-refractivity contribution >= 4 is 11.0 Å². The molecule has 0 radical (unpaired) electrons. The average Bonchev–Trinajstić information content (AvgIpc) is 3.22. The number of hydrogen-bond donors (Lipinski definition) is 1. The van der Waals surface area contributed by atoms with Crippen LogP contribution in [0.15, 0.2) is 36.7 Å². The smallest absolute Gasteiger partial charge is 0.327 e. The quantitative estimate of drug-likeness (QED) is 0.359. The minimum absolute atomic E-state index is 0.0266. The molecule has 194 valence electrons. The van der Waals surface area contributed by atoms with Gasteiger partial charge in [0.2, 0.25) is 0 Å². The Kier molecular flexibility index (Phi) is 6.78. The summed E-state index contributed by atoms with van der Waals surface area (Å²) < 4.78 is 70.2. The maximum Gasteiger partial charge on any atom is 0.418 e. The van der Waals surface area contributed by atoms with Crippen LogP contribution in [0.2, 0.25) is 0 Å². The van der Waals surface area contributed by atoms with Crippen LogP contribution in [0.25, 0.3) is 11.0 Å². The number of nitrogens with one attached hydrogen (secondary N) is 1. The third-order valence-corrected chi connectivity index (χ3v) is 7.72. The van der Waals surface area contributed by atoms with Gasteiger partial charge in [-0.15, -0.1) is 0 Å². The number of aryl methyl sites for hydroxylation is 1. The average molecular weight is 507 g/mol. The summed E-state index contributed by atoms with van der Waals surface area (Å²) in [6, 6.07) is 8.06. The van der Waals surface area contributed by atoms with E-state index in [-0.39, 0.29) is 35.3 Å². The van der Waals surface area contributed by atoms with E-state index in [2.05, 4.69) is 22.2 Å². The van der Waals surface area contributed by atoms with Crippen molar-refractivity contribution in [1.82, 2.24) is 19.9 Å². The van der Waals surface area contributed by atoms with Gasteiger partial charge in [-0.3, -0.25) is 4.98 Å². The number of imidazole rings is 1. The van der Waals surface area contributed by atoms with Crippen molar-refractivity contribution in [3.63, 3.8) is 0 Å². The minimum Gasteiger partial charge on any atom is -0.327 e. The fraction of sp³-hybridized carbons (Fsp3) is 0.556. The second-order valence-corrected chi connectivity index (χ2v) is 10.7. The van der Waals surface area contributed by atoms with Crippen molar-refractivity contribution in [2.75, 3.05) is 0 Å². The van der Waals surface area contributed by atoms with E-state index >= 15 is 0 Å². The van der Waals surface area contributed by atoms with Crippen LogP contribution >= 0.6 is 0 Å². The molecule has 1 saturated carbocycles. The van der Waals surface area contributed by atoms with Gasteiger partial charge in [-0.1, -0.05) is 13.0 Å². The summed E-state index contributed by atoms with van der Waals surface area (Å²) in [4.78, 5) is 8.52. The van der Waals surface area contributed by atoms with Gasteiger partial charge in [0.05, 0.1) is 22.9 Å². The zero-order valence-corrected chi connectivity index (χ0v) is 20.4. The van der Waals surface area contributed by atoms with E-state index in [1.165, 1.54) is 12.1 Å². The van der Waals surface area contributed by atoms with E-state index in [1.807, 2.05) is 6.92 Å². The molecular formula is C27H31F5N4. The van der Waals surface area contributed by atoms with Crippen molar-refractivity contribution < 1.29 is 22.0 Å². The standard InChI is InChI=1S/C27H31F5N4/c1-15-8-20(9-15)36-14-33-24-12-17(11-21(25(24)36)27(30,31)32)6-7-19-13-18(10-16(2)34-19)22-4-3-5-23(35-22)26(28)29/h3-5,11-12,14-16,18-20,26,34H,6-10,13H2,1-2H3. The Labute approximate surface area is 207 Å². The van der Waals surface area contributed by atoms with Crippen LogP contribution in [0, 0.1) is 5.92 Å². The molecule has 0 spiro atoms. The number of nitrogens with zero attached hydrogens (tertiary/aromatic N) is 3. The van der Waals surface area contributed by atoms with Gasteiger partial charge in [0.1, 0.15) is 5.69 Å². The largest absolute Gasteiger partial charge is 0.418 e. The molecule has 2 aromatic heterocycles. The lowest BCUT2D eigenvalue weighted by atomic mass is 9.81. The van der Waals surface area contributed by atoms with E-state index < -0.39 is 18.2 Å². The van der Waals surface area contributed by atoms with Crippen molar-refractivity contribution in [2.45, 2.75) is 89.0 Å². The fourth-order valence-electron chi connectivity index (χ4n) is 5.96. The molecule has 0 amide bonds. The molecule has 3 atom stereocenters. The number of piperidine rings is 1. The van der Waals surface area contributed by atoms with E-state index in [0.29, 0.717) is 42.0 Å². The van der Waals surface area contributed by atoms with Crippen LogP contribution in [-0.4, -0.2) is 26.6 Å². The van der Waals surface area contributed by atoms with Gasteiger partial charge < -0.3 is 9.88 Å². The first kappa shape index (κ1) is 25.1. The number of pyridine rings is 1. The van der Waals surface area contributed by atoms with E-state index in [0.717, 1.165) is 19.3 Å². The van der Waals surface area contributed by atoms with Crippen LogP contribution in [0.1, 0.15) is 86.9 Å². The molecule has 36 heavy (non-hydrogen) atoms. The summed E-state index contributed by atoms with van der Waals surface area (Å²) in [6.45, 7) is 4.15. The van der Waals surface area contributed by atoms with Crippen molar-refractivity contribution in [1.29, 1.82) is 0 Å². The SMILES string of the molecule is CC1CC(n2cnc3cc(CCC4CC(c5cccc(C(F)F)n5)CC(C)N4)cc(C(F)(F)F)c32)C1. The van der Waals surface area contributed by atoms with Crippen LogP contribution in [0.4, 0.5) is 22.0 Å². The van der Waals surface area contributed by atoms with Crippen LogP contribution in [-0.2, 0) is 12.6 Å². The first-order chi connectivity index (χ1) is 17.1. The zero-order valence-electron chi connectivity index (χ0n) is 20.4. The molecular weight excluding hydrogens is 475 g/mol. The Hall–Kier alpha value is -2.55. The topological polar surface area (TPSA) is 42.7 Å². The van der Waals surface area contributed by atoms with Gasteiger partial charge in [0, 0.05) is 29.7 Å². The molecule has 1 aliphatic carbocycles. The first-order valence-electron chi connectivity index (χ1n) is 12.7. The molecule has 1 N–H and O–H groups in total. The highest BCUT2D eigenvalue weighted by Gasteiger charge is 2.37. The Bertz CT molecular complexity index is 1210. The Morgan fingerprint density at radius 2 is 1.86 bits per heavy atom. The van der Waals surface area contributed by atoms with Gasteiger partial charge in [0.25, 0.3) is 6.43 Å². The third kappa shape index (κ3) is 5.12. The maximum absolute atomic E-state index is 14.1. The highest BCUT2D eigenvalue weighted by Crippen LogP contribution is 2.42. The van der Waals surface area contributed by atoms with E-state index in [1.54, 1.807) is 29.1 Å². The number of benzene rings is 1. The molecule has 2 aliphatic rings. The number of rotatable bonds is 6. The summed E-state index contributed by atoms with van der Waals surface area (Å²) in [7, 11) is 0.